The molecule has 1 amide bonds. The van der Waals surface area contributed by atoms with Gasteiger partial charge in [-0.25, -0.2) is 0 Å². The third-order valence-corrected chi connectivity index (χ3v) is 6.25. The molecule has 0 bridgehead atoms. The van der Waals surface area contributed by atoms with E-state index in [1.807, 2.05) is 6.07 Å². The molecule has 1 unspecified atom stereocenters. The molecule has 0 aliphatic carbocycles. The molecule has 27 heavy (non-hydrogen) atoms. The van der Waals surface area contributed by atoms with E-state index in [-0.39, 0.29) is 5.41 Å². The molecule has 2 fully saturated rings. The van der Waals surface area contributed by atoms with Crippen LogP contribution in [0.4, 0.5) is 0 Å². The van der Waals surface area contributed by atoms with Crippen molar-refractivity contribution in [3.63, 3.8) is 0 Å². The molecule has 3 nitrogen and oxygen atoms in total. The van der Waals surface area contributed by atoms with Gasteiger partial charge in [0.25, 0.3) is 0 Å². The Balaban J connectivity index is 1.38. The summed E-state index contributed by atoms with van der Waals surface area (Å²) in [7, 11) is 0. The van der Waals surface area contributed by atoms with Crippen molar-refractivity contribution in [3.8, 4) is 0 Å². The summed E-state index contributed by atoms with van der Waals surface area (Å²) in [5.74, 6) is 0.344. The normalized spacial score (nSPS) is 23.7. The van der Waals surface area contributed by atoms with E-state index in [1.165, 1.54) is 30.5 Å². The first-order chi connectivity index (χ1) is 13.2. The maximum Gasteiger partial charge on any atom is 0.222 e. The summed E-state index contributed by atoms with van der Waals surface area (Å²) in [5, 5.41) is 0. The summed E-state index contributed by atoms with van der Waals surface area (Å²) in [5.41, 5.74) is 3.00. The number of nitrogens with zero attached hydrogens (tertiary/aromatic N) is 2. The molecule has 2 aliphatic heterocycles. The zero-order valence-electron chi connectivity index (χ0n) is 16.1. The van der Waals surface area contributed by atoms with E-state index in [2.05, 4.69) is 64.4 Å². The van der Waals surface area contributed by atoms with Gasteiger partial charge in [0.05, 0.1) is 0 Å². The third kappa shape index (κ3) is 4.59. The molecule has 2 heterocycles. The van der Waals surface area contributed by atoms with Gasteiger partial charge in [-0.1, -0.05) is 60.7 Å². The fraction of sp³-hybridized carbons (Fsp3) is 0.458. The first-order valence-electron chi connectivity index (χ1n) is 10.3. The highest BCUT2D eigenvalue weighted by Crippen LogP contribution is 2.39. The number of hydrogen-bond donors (Lipinski definition) is 0. The lowest BCUT2D eigenvalue weighted by Gasteiger charge is -2.48. The van der Waals surface area contributed by atoms with Crippen molar-refractivity contribution >= 4 is 5.91 Å². The molecule has 142 valence electrons. The van der Waals surface area contributed by atoms with Crippen molar-refractivity contribution < 1.29 is 4.79 Å². The van der Waals surface area contributed by atoms with Gasteiger partial charge in [-0.05, 0) is 43.4 Å². The van der Waals surface area contributed by atoms with Crippen molar-refractivity contribution in [1.82, 2.24) is 9.80 Å². The fourth-order valence-corrected chi connectivity index (χ4v) is 4.83. The molecule has 2 saturated heterocycles. The maximum absolute atomic E-state index is 12.5. The van der Waals surface area contributed by atoms with Gasteiger partial charge in [0.2, 0.25) is 5.91 Å². The van der Waals surface area contributed by atoms with Gasteiger partial charge < -0.3 is 4.90 Å². The number of hydrogen-bond acceptors (Lipinski definition) is 2. The highest BCUT2D eigenvalue weighted by atomic mass is 16.2. The minimum Gasteiger partial charge on any atom is -0.342 e. The van der Waals surface area contributed by atoms with Gasteiger partial charge in [0.1, 0.15) is 0 Å². The van der Waals surface area contributed by atoms with Crippen LogP contribution in [0.1, 0.15) is 36.8 Å². The van der Waals surface area contributed by atoms with Crippen LogP contribution >= 0.6 is 0 Å². The second-order valence-electron chi connectivity index (χ2n) is 8.35. The quantitative estimate of drug-likeness (QED) is 0.798. The van der Waals surface area contributed by atoms with Gasteiger partial charge >= 0.3 is 0 Å². The van der Waals surface area contributed by atoms with Crippen molar-refractivity contribution in [1.29, 1.82) is 0 Å². The van der Waals surface area contributed by atoms with Crippen molar-refractivity contribution in [2.45, 2.75) is 38.6 Å². The lowest BCUT2D eigenvalue weighted by molar-refractivity contribution is -0.139. The van der Waals surface area contributed by atoms with Gasteiger partial charge in [-0.15, -0.1) is 0 Å². The minimum atomic E-state index is 0.289. The third-order valence-electron chi connectivity index (χ3n) is 6.25. The summed E-state index contributed by atoms with van der Waals surface area (Å²) in [4.78, 5) is 17.3. The molecule has 1 spiro atoms. The maximum atomic E-state index is 12.5. The smallest absolute Gasteiger partial charge is 0.222 e. The van der Waals surface area contributed by atoms with Crippen LogP contribution in [-0.4, -0.2) is 41.9 Å². The zero-order chi connectivity index (χ0) is 18.5. The number of rotatable bonds is 5. The lowest BCUT2D eigenvalue weighted by Crippen LogP contribution is -2.54. The first kappa shape index (κ1) is 18.2. The van der Waals surface area contributed by atoms with E-state index >= 15 is 0 Å². The van der Waals surface area contributed by atoms with E-state index in [1.54, 1.807) is 0 Å². The molecular weight excluding hydrogens is 332 g/mol. The topological polar surface area (TPSA) is 23.6 Å². The Morgan fingerprint density at radius 2 is 1.56 bits per heavy atom. The fourth-order valence-electron chi connectivity index (χ4n) is 4.83. The number of carbonyl (C=O) groups excluding carboxylic acids is 1. The predicted octanol–water partition coefficient (Wildman–Crippen LogP) is 4.13. The highest BCUT2D eigenvalue weighted by Gasteiger charge is 2.41. The van der Waals surface area contributed by atoms with E-state index < -0.39 is 0 Å². The van der Waals surface area contributed by atoms with Gasteiger partial charge in [-0.3, -0.25) is 9.69 Å². The monoisotopic (exact) mass is 362 g/mol. The van der Waals surface area contributed by atoms with Gasteiger partial charge in [0, 0.05) is 38.0 Å². The van der Waals surface area contributed by atoms with Crippen LogP contribution in [0.5, 0.6) is 0 Å². The van der Waals surface area contributed by atoms with Gasteiger partial charge in [-0.2, -0.15) is 0 Å². The van der Waals surface area contributed by atoms with E-state index in [4.69, 9.17) is 0 Å². The second-order valence-corrected chi connectivity index (χ2v) is 8.35. The van der Waals surface area contributed by atoms with Crippen LogP contribution in [-0.2, 0) is 17.8 Å². The summed E-state index contributed by atoms with van der Waals surface area (Å²) >= 11 is 0. The Morgan fingerprint density at radius 1 is 0.852 bits per heavy atom. The molecule has 0 radical (unpaired) electrons. The Labute approximate surface area is 163 Å². The number of carbonyl (C=O) groups is 1. The first-order valence-corrected chi connectivity index (χ1v) is 10.3. The molecule has 3 heteroatoms. The van der Waals surface area contributed by atoms with Crippen LogP contribution in [0.3, 0.4) is 0 Å². The highest BCUT2D eigenvalue weighted by molar-refractivity contribution is 5.77. The Kier molecular flexibility index (Phi) is 5.58. The summed E-state index contributed by atoms with van der Waals surface area (Å²) in [6.45, 7) is 5.11. The molecule has 4 rings (SSSR count). The second kappa shape index (κ2) is 8.26. The lowest BCUT2D eigenvalue weighted by atomic mass is 9.73. The average Bonchev–Trinajstić information content (AvgIpc) is 2.71. The average molecular weight is 363 g/mol. The summed E-state index contributed by atoms with van der Waals surface area (Å²) in [6, 6.07) is 21.3. The molecule has 2 aromatic carbocycles. The molecular formula is C24H30N2O. The Bertz CT molecular complexity index is 745. The van der Waals surface area contributed by atoms with Crippen LogP contribution in [0.25, 0.3) is 0 Å². The van der Waals surface area contributed by atoms with Gasteiger partial charge in [0.15, 0.2) is 0 Å². The molecule has 0 N–H and O–H groups in total. The number of piperidine rings is 2. The molecule has 0 aromatic heterocycles. The predicted molar refractivity (Wildman–Crippen MR) is 109 cm³/mol. The molecule has 2 aromatic rings. The Morgan fingerprint density at radius 3 is 2.30 bits per heavy atom. The van der Waals surface area contributed by atoms with Crippen LogP contribution in [0.15, 0.2) is 60.7 Å². The van der Waals surface area contributed by atoms with Crippen molar-refractivity contribution in [3.05, 3.63) is 71.8 Å². The largest absolute Gasteiger partial charge is 0.342 e. The number of benzene rings is 2. The SMILES string of the molecule is O=C1CCC2(CCCN(Cc3ccccc3)C2)CN1CCc1ccccc1. The van der Waals surface area contributed by atoms with Crippen LogP contribution in [0, 0.1) is 5.41 Å². The van der Waals surface area contributed by atoms with E-state index in [0.717, 1.165) is 39.0 Å². The van der Waals surface area contributed by atoms with E-state index in [9.17, 15) is 4.79 Å². The Hall–Kier alpha value is -2.13. The molecule has 1 atom stereocenters. The number of amides is 1. The van der Waals surface area contributed by atoms with Crippen molar-refractivity contribution in [2.24, 2.45) is 5.41 Å². The molecule has 0 saturated carbocycles. The summed E-state index contributed by atoms with van der Waals surface area (Å²) < 4.78 is 0. The van der Waals surface area contributed by atoms with Crippen LogP contribution in [0.2, 0.25) is 0 Å². The summed E-state index contributed by atoms with van der Waals surface area (Å²) in [6.07, 6.45) is 5.23. The number of likely N-dealkylation sites (tertiary alicyclic amines) is 2. The molecule has 2 aliphatic rings. The standard InChI is InChI=1S/C24H30N2O/c27-23-12-15-24(20-26(23)17-13-21-8-3-1-4-9-21)14-7-16-25(19-24)18-22-10-5-2-6-11-22/h1-6,8-11H,7,12-20H2. The van der Waals surface area contributed by atoms with E-state index in [0.29, 0.717) is 12.3 Å². The van der Waals surface area contributed by atoms with Crippen LogP contribution < -0.4 is 0 Å². The minimum absolute atomic E-state index is 0.289. The van der Waals surface area contributed by atoms with Crippen molar-refractivity contribution in [2.75, 3.05) is 26.2 Å². The zero-order valence-corrected chi connectivity index (χ0v) is 16.1.